The highest BCUT2D eigenvalue weighted by Crippen LogP contribution is 1.88. The van der Waals surface area contributed by atoms with Crippen molar-refractivity contribution in [3.63, 3.8) is 0 Å². The molecule has 0 amide bonds. The normalized spacial score (nSPS) is 12.4. The van der Waals surface area contributed by atoms with Crippen LogP contribution in [0.2, 0.25) is 0 Å². The third kappa shape index (κ3) is 8.97. The molecular weight excluding hydrogens is 156 g/mol. The van der Waals surface area contributed by atoms with Crippen molar-refractivity contribution in [2.75, 3.05) is 14.1 Å². The Hall–Kier alpha value is -1.03. The molecule has 0 aromatic rings. The molecule has 0 aromatic carbocycles. The molecule has 4 heteroatoms. The van der Waals surface area contributed by atoms with E-state index in [1.165, 1.54) is 6.20 Å². The zero-order chi connectivity index (χ0) is 10.1. The van der Waals surface area contributed by atoms with Gasteiger partial charge in [0.05, 0.1) is 0 Å². The molecule has 0 aromatic heterocycles. The molecule has 0 fully saturated rings. The number of hydrogen-bond donors (Lipinski definition) is 2. The van der Waals surface area contributed by atoms with Gasteiger partial charge in [-0.2, -0.15) is 0 Å². The lowest BCUT2D eigenvalue weighted by atomic mass is 10.3. The molecule has 0 saturated heterocycles. The van der Waals surface area contributed by atoms with E-state index in [0.29, 0.717) is 0 Å². The van der Waals surface area contributed by atoms with Crippen LogP contribution >= 0.6 is 0 Å². The van der Waals surface area contributed by atoms with Gasteiger partial charge in [-0.05, 0) is 34.1 Å². The number of nitrogens with zero attached hydrogens (tertiary/aromatic N) is 1. The topological polar surface area (TPSA) is 66.6 Å². The first-order valence-corrected chi connectivity index (χ1v) is 3.69. The first-order valence-electron chi connectivity index (χ1n) is 3.69. The summed E-state index contributed by atoms with van der Waals surface area (Å²) in [6.07, 6.45) is 3.28. The van der Waals surface area contributed by atoms with E-state index in [0.717, 1.165) is 0 Å². The van der Waals surface area contributed by atoms with E-state index in [-0.39, 0.29) is 6.04 Å². The Bertz CT molecular complexity index is 140. The van der Waals surface area contributed by atoms with Crippen molar-refractivity contribution in [3.05, 3.63) is 12.3 Å². The summed E-state index contributed by atoms with van der Waals surface area (Å²) < 4.78 is 0. The van der Waals surface area contributed by atoms with Crippen LogP contribution in [0, 0.1) is 0 Å². The molecule has 0 heterocycles. The highest BCUT2D eigenvalue weighted by atomic mass is 16.4. The monoisotopic (exact) mass is 174 g/mol. The Balaban J connectivity index is 0. The third-order valence-corrected chi connectivity index (χ3v) is 1.32. The van der Waals surface area contributed by atoms with E-state index >= 15 is 0 Å². The van der Waals surface area contributed by atoms with Gasteiger partial charge in [0.2, 0.25) is 0 Å². The number of hydrogen-bond acceptors (Lipinski definition) is 3. The Morgan fingerprint density at radius 2 is 1.92 bits per heavy atom. The summed E-state index contributed by atoms with van der Waals surface area (Å²) in [7, 11) is 3.47. The standard InChI is InChI=1S/C5H11NO2.C3H7N/c1-4(5(7)8)6(2)3;1-2-3-4/h4H,1-3H3,(H,7,8);2-3H,4H2,1H3. The number of carbonyl (C=O) groups is 1. The molecule has 0 aliphatic rings. The molecule has 1 atom stereocenters. The van der Waals surface area contributed by atoms with Crippen molar-refractivity contribution in [2.45, 2.75) is 19.9 Å². The fourth-order valence-electron chi connectivity index (χ4n) is 0.221. The lowest BCUT2D eigenvalue weighted by Gasteiger charge is -2.13. The van der Waals surface area contributed by atoms with Gasteiger partial charge in [-0.25, -0.2) is 0 Å². The number of nitrogens with two attached hydrogens (primary N) is 1. The molecule has 4 nitrogen and oxygen atoms in total. The predicted molar refractivity (Wildman–Crippen MR) is 49.8 cm³/mol. The van der Waals surface area contributed by atoms with E-state index in [4.69, 9.17) is 10.8 Å². The van der Waals surface area contributed by atoms with Crippen molar-refractivity contribution in [1.29, 1.82) is 0 Å². The maximum absolute atomic E-state index is 10.1. The fraction of sp³-hybridized carbons (Fsp3) is 0.625. The molecule has 1 unspecified atom stereocenters. The number of aliphatic carboxylic acids is 1. The van der Waals surface area contributed by atoms with Crippen molar-refractivity contribution >= 4 is 5.97 Å². The zero-order valence-electron chi connectivity index (χ0n) is 8.11. The molecule has 72 valence electrons. The average molecular weight is 174 g/mol. The Morgan fingerprint density at radius 1 is 1.58 bits per heavy atom. The second-order valence-electron chi connectivity index (χ2n) is 2.50. The quantitative estimate of drug-likeness (QED) is 0.639. The molecule has 0 aliphatic heterocycles. The maximum Gasteiger partial charge on any atom is 0.320 e. The summed E-state index contributed by atoms with van der Waals surface area (Å²) in [4.78, 5) is 11.7. The summed E-state index contributed by atoms with van der Waals surface area (Å²) in [6.45, 7) is 3.52. The predicted octanol–water partition coefficient (Wildman–Crippen LogP) is 0.500. The summed E-state index contributed by atoms with van der Waals surface area (Å²) in [6, 6.07) is -0.380. The van der Waals surface area contributed by atoms with Crippen LogP contribution in [0.5, 0.6) is 0 Å². The Kier molecular flexibility index (Phi) is 9.11. The zero-order valence-corrected chi connectivity index (χ0v) is 8.11. The van der Waals surface area contributed by atoms with Crippen LogP contribution in [-0.4, -0.2) is 36.1 Å². The van der Waals surface area contributed by atoms with Gasteiger partial charge < -0.3 is 10.8 Å². The van der Waals surface area contributed by atoms with Crippen molar-refractivity contribution in [3.8, 4) is 0 Å². The molecule has 0 saturated carbocycles. The molecule has 0 bridgehead atoms. The van der Waals surface area contributed by atoms with Crippen LogP contribution in [0.25, 0.3) is 0 Å². The van der Waals surface area contributed by atoms with E-state index < -0.39 is 5.97 Å². The summed E-state index contributed by atoms with van der Waals surface area (Å²) in [5.74, 6) is -0.782. The fourth-order valence-corrected chi connectivity index (χ4v) is 0.221. The minimum atomic E-state index is -0.782. The highest BCUT2D eigenvalue weighted by molar-refractivity contribution is 5.72. The number of carboxylic acid groups (broad SMARTS) is 1. The lowest BCUT2D eigenvalue weighted by molar-refractivity contribution is -0.141. The number of rotatable bonds is 2. The van der Waals surface area contributed by atoms with Crippen LogP contribution < -0.4 is 5.73 Å². The average Bonchev–Trinajstić information content (AvgIpc) is 2.03. The third-order valence-electron chi connectivity index (χ3n) is 1.32. The smallest absolute Gasteiger partial charge is 0.320 e. The van der Waals surface area contributed by atoms with Crippen molar-refractivity contribution in [1.82, 2.24) is 4.90 Å². The van der Waals surface area contributed by atoms with Crippen molar-refractivity contribution < 1.29 is 9.90 Å². The van der Waals surface area contributed by atoms with Gasteiger partial charge in [-0.3, -0.25) is 9.69 Å². The maximum atomic E-state index is 10.1. The van der Waals surface area contributed by atoms with Gasteiger partial charge >= 0.3 is 5.97 Å². The minimum absolute atomic E-state index is 0.380. The molecule has 0 rings (SSSR count). The van der Waals surface area contributed by atoms with E-state index in [2.05, 4.69) is 0 Å². The summed E-state index contributed by atoms with van der Waals surface area (Å²) in [5, 5.41) is 8.31. The first kappa shape index (κ1) is 13.6. The van der Waals surface area contributed by atoms with Gasteiger partial charge in [-0.15, -0.1) is 0 Å². The SMILES string of the molecule is CC(C(=O)O)N(C)C.CC=CN. The van der Waals surface area contributed by atoms with Gasteiger partial charge in [0.1, 0.15) is 6.04 Å². The van der Waals surface area contributed by atoms with Crippen LogP contribution in [0.3, 0.4) is 0 Å². The van der Waals surface area contributed by atoms with E-state index in [9.17, 15) is 4.79 Å². The van der Waals surface area contributed by atoms with Gasteiger partial charge in [-0.1, -0.05) is 6.08 Å². The molecule has 0 aliphatic carbocycles. The highest BCUT2D eigenvalue weighted by Gasteiger charge is 2.11. The van der Waals surface area contributed by atoms with E-state index in [1.54, 1.807) is 32.0 Å². The first-order chi connectivity index (χ1) is 5.47. The minimum Gasteiger partial charge on any atom is -0.480 e. The Labute approximate surface area is 73.7 Å². The molecule has 0 spiro atoms. The van der Waals surface area contributed by atoms with Crippen LogP contribution in [-0.2, 0) is 4.79 Å². The molecule has 3 N–H and O–H groups in total. The number of carboxylic acids is 1. The number of allylic oxidation sites excluding steroid dienone is 1. The second kappa shape index (κ2) is 8.07. The van der Waals surface area contributed by atoms with Crippen LogP contribution in [0.15, 0.2) is 12.3 Å². The summed E-state index contributed by atoms with van der Waals surface area (Å²) >= 11 is 0. The molecular formula is C8H18N2O2. The second-order valence-corrected chi connectivity index (χ2v) is 2.50. The van der Waals surface area contributed by atoms with Crippen molar-refractivity contribution in [2.24, 2.45) is 5.73 Å². The largest absolute Gasteiger partial charge is 0.480 e. The Morgan fingerprint density at radius 3 is 1.92 bits per heavy atom. The number of likely N-dealkylation sites (N-methyl/N-ethyl adjacent to an activating group) is 1. The van der Waals surface area contributed by atoms with E-state index in [1.807, 2.05) is 6.92 Å². The van der Waals surface area contributed by atoms with Gasteiger partial charge in [0.15, 0.2) is 0 Å². The van der Waals surface area contributed by atoms with Crippen LogP contribution in [0.1, 0.15) is 13.8 Å². The molecule has 12 heavy (non-hydrogen) atoms. The van der Waals surface area contributed by atoms with Gasteiger partial charge in [0, 0.05) is 0 Å². The summed E-state index contributed by atoms with van der Waals surface area (Å²) in [5.41, 5.74) is 4.85. The van der Waals surface area contributed by atoms with Crippen LogP contribution in [0.4, 0.5) is 0 Å². The van der Waals surface area contributed by atoms with Gasteiger partial charge in [0.25, 0.3) is 0 Å². The molecule has 0 radical (unpaired) electrons. The lowest BCUT2D eigenvalue weighted by Crippen LogP contribution is -2.32.